The SMILES string of the molecule is CN(C)CCN(Cc1ccccc1F)C(=O)CN(C)C(=O)c1cccs1. The van der Waals surface area contributed by atoms with Crippen molar-refractivity contribution in [2.24, 2.45) is 0 Å². The number of thiophene rings is 1. The van der Waals surface area contributed by atoms with Crippen molar-refractivity contribution in [3.8, 4) is 0 Å². The number of carbonyl (C=O) groups is 2. The van der Waals surface area contributed by atoms with Gasteiger partial charge in [-0.2, -0.15) is 0 Å². The quantitative estimate of drug-likeness (QED) is 0.710. The van der Waals surface area contributed by atoms with Crippen LogP contribution in [0.4, 0.5) is 4.39 Å². The molecule has 0 saturated heterocycles. The Morgan fingerprint density at radius 2 is 1.77 bits per heavy atom. The highest BCUT2D eigenvalue weighted by Crippen LogP contribution is 2.13. The smallest absolute Gasteiger partial charge is 0.264 e. The van der Waals surface area contributed by atoms with Crippen molar-refractivity contribution in [1.29, 1.82) is 0 Å². The van der Waals surface area contributed by atoms with Crippen LogP contribution in [0, 0.1) is 5.82 Å². The molecule has 0 unspecified atom stereocenters. The third kappa shape index (κ3) is 5.64. The van der Waals surface area contributed by atoms with Gasteiger partial charge in [-0.3, -0.25) is 9.59 Å². The third-order valence-electron chi connectivity index (χ3n) is 3.94. The van der Waals surface area contributed by atoms with Gasteiger partial charge in [-0.1, -0.05) is 24.3 Å². The maximum atomic E-state index is 14.0. The number of nitrogens with zero attached hydrogens (tertiary/aromatic N) is 3. The van der Waals surface area contributed by atoms with Crippen molar-refractivity contribution < 1.29 is 14.0 Å². The Bertz CT molecular complexity index is 734. The first-order chi connectivity index (χ1) is 12.4. The summed E-state index contributed by atoms with van der Waals surface area (Å²) in [5.41, 5.74) is 0.465. The van der Waals surface area contributed by atoms with Crippen LogP contribution in [-0.2, 0) is 11.3 Å². The monoisotopic (exact) mass is 377 g/mol. The fraction of sp³-hybridized carbons (Fsp3) is 0.368. The van der Waals surface area contributed by atoms with E-state index in [2.05, 4.69) is 0 Å². The molecule has 2 rings (SSSR count). The molecule has 0 bridgehead atoms. The van der Waals surface area contributed by atoms with Crippen LogP contribution in [0.2, 0.25) is 0 Å². The molecule has 140 valence electrons. The van der Waals surface area contributed by atoms with Crippen molar-refractivity contribution in [1.82, 2.24) is 14.7 Å². The van der Waals surface area contributed by atoms with Gasteiger partial charge in [-0.05, 0) is 31.6 Å². The minimum Gasteiger partial charge on any atom is -0.335 e. The standard InChI is InChI=1S/C19H24FN3O2S/c1-21(2)10-11-23(13-15-7-4-5-8-16(15)20)18(24)14-22(3)19(25)17-9-6-12-26-17/h4-9,12H,10-11,13-14H2,1-3H3. The van der Waals surface area contributed by atoms with Crippen molar-refractivity contribution in [3.05, 3.63) is 58.0 Å². The van der Waals surface area contributed by atoms with Crippen LogP contribution in [0.1, 0.15) is 15.2 Å². The van der Waals surface area contributed by atoms with Gasteiger partial charge in [0, 0.05) is 32.2 Å². The van der Waals surface area contributed by atoms with Crippen LogP contribution in [0.5, 0.6) is 0 Å². The lowest BCUT2D eigenvalue weighted by Crippen LogP contribution is -2.43. The van der Waals surface area contributed by atoms with Gasteiger partial charge in [-0.25, -0.2) is 4.39 Å². The predicted molar refractivity (Wildman–Crippen MR) is 102 cm³/mol. The molecule has 0 fully saturated rings. The van der Waals surface area contributed by atoms with E-state index >= 15 is 0 Å². The number of hydrogen-bond acceptors (Lipinski definition) is 4. The molecule has 5 nitrogen and oxygen atoms in total. The Balaban J connectivity index is 2.07. The average Bonchev–Trinajstić information content (AvgIpc) is 3.13. The maximum Gasteiger partial charge on any atom is 0.264 e. The molecule has 26 heavy (non-hydrogen) atoms. The van der Waals surface area contributed by atoms with Crippen LogP contribution < -0.4 is 0 Å². The van der Waals surface area contributed by atoms with Crippen LogP contribution >= 0.6 is 11.3 Å². The first-order valence-corrected chi connectivity index (χ1v) is 9.21. The molecule has 1 aromatic carbocycles. The lowest BCUT2D eigenvalue weighted by molar-refractivity contribution is -0.132. The minimum atomic E-state index is -0.335. The number of carbonyl (C=O) groups excluding carboxylic acids is 2. The van der Waals surface area contributed by atoms with Crippen molar-refractivity contribution in [2.45, 2.75) is 6.54 Å². The van der Waals surface area contributed by atoms with E-state index in [-0.39, 0.29) is 30.7 Å². The van der Waals surface area contributed by atoms with E-state index in [0.717, 1.165) is 0 Å². The van der Waals surface area contributed by atoms with Crippen molar-refractivity contribution >= 4 is 23.2 Å². The van der Waals surface area contributed by atoms with Gasteiger partial charge in [0.15, 0.2) is 0 Å². The van der Waals surface area contributed by atoms with Gasteiger partial charge in [0.2, 0.25) is 5.91 Å². The van der Waals surface area contributed by atoms with Crippen molar-refractivity contribution in [2.75, 3.05) is 40.8 Å². The molecular formula is C19H24FN3O2S. The molecule has 0 aliphatic rings. The number of likely N-dealkylation sites (N-methyl/N-ethyl adjacent to an activating group) is 2. The lowest BCUT2D eigenvalue weighted by atomic mass is 10.2. The normalized spacial score (nSPS) is 10.8. The van der Waals surface area contributed by atoms with E-state index in [0.29, 0.717) is 23.5 Å². The third-order valence-corrected chi connectivity index (χ3v) is 4.80. The molecule has 1 aromatic heterocycles. The second-order valence-electron chi connectivity index (χ2n) is 6.35. The number of hydrogen-bond donors (Lipinski definition) is 0. The molecule has 2 amide bonds. The van der Waals surface area contributed by atoms with Crippen LogP contribution in [-0.4, -0.2) is 67.3 Å². The van der Waals surface area contributed by atoms with E-state index in [1.165, 1.54) is 22.3 Å². The molecular weight excluding hydrogens is 353 g/mol. The molecule has 1 heterocycles. The molecule has 7 heteroatoms. The summed E-state index contributed by atoms with van der Waals surface area (Å²) in [5, 5.41) is 1.82. The fourth-order valence-corrected chi connectivity index (χ4v) is 3.13. The number of rotatable bonds is 8. The average molecular weight is 377 g/mol. The Labute approximate surface area is 157 Å². The van der Waals surface area contributed by atoms with Crippen molar-refractivity contribution in [3.63, 3.8) is 0 Å². The zero-order valence-corrected chi connectivity index (χ0v) is 16.1. The van der Waals surface area contributed by atoms with Gasteiger partial charge in [-0.15, -0.1) is 11.3 Å². The second-order valence-corrected chi connectivity index (χ2v) is 7.30. The molecule has 0 saturated carbocycles. The van der Waals surface area contributed by atoms with Gasteiger partial charge >= 0.3 is 0 Å². The first kappa shape index (κ1) is 20.1. The summed E-state index contributed by atoms with van der Waals surface area (Å²) in [6.07, 6.45) is 0. The van der Waals surface area contributed by atoms with E-state index in [9.17, 15) is 14.0 Å². The van der Waals surface area contributed by atoms with Gasteiger partial charge in [0.1, 0.15) is 5.82 Å². The lowest BCUT2D eigenvalue weighted by Gasteiger charge is -2.27. The molecule has 2 aromatic rings. The van der Waals surface area contributed by atoms with E-state index in [1.807, 2.05) is 24.4 Å². The van der Waals surface area contributed by atoms with E-state index < -0.39 is 0 Å². The molecule has 0 spiro atoms. The van der Waals surface area contributed by atoms with Crippen LogP contribution in [0.15, 0.2) is 41.8 Å². The summed E-state index contributed by atoms with van der Waals surface area (Å²) in [4.78, 5) is 30.6. The first-order valence-electron chi connectivity index (χ1n) is 8.33. The highest BCUT2D eigenvalue weighted by Gasteiger charge is 2.21. The number of amides is 2. The second kappa shape index (κ2) is 9.45. The molecule has 0 N–H and O–H groups in total. The highest BCUT2D eigenvalue weighted by atomic mass is 32.1. The zero-order chi connectivity index (χ0) is 19.1. The topological polar surface area (TPSA) is 43.9 Å². The number of benzene rings is 1. The van der Waals surface area contributed by atoms with E-state index in [1.54, 1.807) is 42.3 Å². The van der Waals surface area contributed by atoms with E-state index in [4.69, 9.17) is 0 Å². The summed E-state index contributed by atoms with van der Waals surface area (Å²) < 4.78 is 14.0. The van der Waals surface area contributed by atoms with Crippen LogP contribution in [0.25, 0.3) is 0 Å². The molecule has 0 atom stereocenters. The van der Waals surface area contributed by atoms with Gasteiger partial charge in [0.25, 0.3) is 5.91 Å². The largest absolute Gasteiger partial charge is 0.335 e. The fourth-order valence-electron chi connectivity index (χ4n) is 2.41. The van der Waals surface area contributed by atoms with Gasteiger partial charge < -0.3 is 14.7 Å². The highest BCUT2D eigenvalue weighted by molar-refractivity contribution is 7.12. The Hall–Kier alpha value is -2.25. The van der Waals surface area contributed by atoms with Gasteiger partial charge in [0.05, 0.1) is 11.4 Å². The number of halogens is 1. The minimum absolute atomic E-state index is 0.0430. The summed E-state index contributed by atoms with van der Waals surface area (Å²) >= 11 is 1.34. The molecule has 0 aliphatic heterocycles. The Morgan fingerprint density at radius 3 is 2.38 bits per heavy atom. The van der Waals surface area contributed by atoms with Crippen LogP contribution in [0.3, 0.4) is 0 Å². The maximum absolute atomic E-state index is 14.0. The Kier molecular flexibility index (Phi) is 7.29. The summed E-state index contributed by atoms with van der Waals surface area (Å²) in [5.74, 6) is -0.729. The predicted octanol–water partition coefficient (Wildman–Crippen LogP) is 2.55. The zero-order valence-electron chi connectivity index (χ0n) is 15.3. The molecule has 0 aliphatic carbocycles. The summed E-state index contributed by atoms with van der Waals surface area (Å²) in [6, 6.07) is 9.96. The Morgan fingerprint density at radius 1 is 1.04 bits per heavy atom. The summed E-state index contributed by atoms with van der Waals surface area (Å²) in [6.45, 7) is 1.25. The molecule has 0 radical (unpaired) electrons. The summed E-state index contributed by atoms with van der Waals surface area (Å²) in [7, 11) is 5.43.